The van der Waals surface area contributed by atoms with Gasteiger partial charge in [-0.05, 0) is 40.9 Å². The molecule has 0 saturated heterocycles. The predicted molar refractivity (Wildman–Crippen MR) is 65.9 cm³/mol. The molecular weight excluding hydrogens is 270 g/mol. The van der Waals surface area contributed by atoms with Crippen LogP contribution in [0.4, 0.5) is 5.69 Å². The van der Waals surface area contributed by atoms with Gasteiger partial charge in [0.15, 0.2) is 0 Å². The van der Waals surface area contributed by atoms with Crippen LogP contribution in [-0.4, -0.2) is 16.9 Å². The summed E-state index contributed by atoms with van der Waals surface area (Å²) in [4.78, 5) is 16.0. The molecule has 0 bridgehead atoms. The molecule has 3 N–H and O–H groups in total. The number of halogens is 1. The normalized spacial score (nSPS) is 24.4. The molecule has 1 aromatic rings. The lowest BCUT2D eigenvalue weighted by Gasteiger charge is -2.15. The summed E-state index contributed by atoms with van der Waals surface area (Å²) in [7, 11) is 0. The minimum Gasteiger partial charge on any atom is -0.327 e. The van der Waals surface area contributed by atoms with E-state index >= 15 is 0 Å². The standard InChI is InChI=1S/C11H14BrN3O/c12-10-9(5-2-6-14-10)15-11(16)7-3-1-4-8(7)13/h2,5-8H,1,3-4,13H2,(H,15,16). The van der Waals surface area contributed by atoms with Crippen molar-refractivity contribution in [2.75, 3.05) is 5.32 Å². The molecular formula is C11H14BrN3O. The largest absolute Gasteiger partial charge is 0.327 e. The molecule has 2 atom stereocenters. The van der Waals surface area contributed by atoms with Crippen LogP contribution in [-0.2, 0) is 4.79 Å². The Morgan fingerprint density at radius 2 is 2.38 bits per heavy atom. The Hall–Kier alpha value is -0.940. The van der Waals surface area contributed by atoms with E-state index in [9.17, 15) is 4.79 Å². The first-order valence-electron chi connectivity index (χ1n) is 5.35. The van der Waals surface area contributed by atoms with Crippen LogP contribution in [0.5, 0.6) is 0 Å². The second kappa shape index (κ2) is 4.93. The zero-order valence-corrected chi connectivity index (χ0v) is 10.4. The smallest absolute Gasteiger partial charge is 0.229 e. The lowest BCUT2D eigenvalue weighted by atomic mass is 10.0. The van der Waals surface area contributed by atoms with E-state index < -0.39 is 0 Å². The first kappa shape index (κ1) is 11.5. The van der Waals surface area contributed by atoms with Crippen molar-refractivity contribution in [3.8, 4) is 0 Å². The highest BCUT2D eigenvalue weighted by Gasteiger charge is 2.30. The van der Waals surface area contributed by atoms with Crippen LogP contribution in [0.1, 0.15) is 19.3 Å². The number of carbonyl (C=O) groups is 1. The summed E-state index contributed by atoms with van der Waals surface area (Å²) in [5, 5.41) is 2.85. The van der Waals surface area contributed by atoms with Crippen molar-refractivity contribution in [1.82, 2.24) is 4.98 Å². The summed E-state index contributed by atoms with van der Waals surface area (Å²) in [6.45, 7) is 0. The second-order valence-corrected chi connectivity index (χ2v) is 4.78. The van der Waals surface area contributed by atoms with E-state index in [-0.39, 0.29) is 17.9 Å². The van der Waals surface area contributed by atoms with E-state index in [0.29, 0.717) is 10.3 Å². The SMILES string of the molecule is NC1CCCC1C(=O)Nc1cccnc1Br. The van der Waals surface area contributed by atoms with Gasteiger partial charge in [-0.1, -0.05) is 6.42 Å². The Morgan fingerprint density at radius 1 is 1.56 bits per heavy atom. The predicted octanol–water partition coefficient (Wildman–Crippen LogP) is 1.91. The number of rotatable bonds is 2. The van der Waals surface area contributed by atoms with Gasteiger partial charge in [-0.2, -0.15) is 0 Å². The molecule has 4 nitrogen and oxygen atoms in total. The van der Waals surface area contributed by atoms with Gasteiger partial charge in [0.2, 0.25) is 5.91 Å². The van der Waals surface area contributed by atoms with Crippen LogP contribution in [0.15, 0.2) is 22.9 Å². The highest BCUT2D eigenvalue weighted by Crippen LogP contribution is 2.26. The lowest BCUT2D eigenvalue weighted by Crippen LogP contribution is -2.34. The van der Waals surface area contributed by atoms with Crippen LogP contribution in [0.3, 0.4) is 0 Å². The van der Waals surface area contributed by atoms with E-state index in [1.54, 1.807) is 12.3 Å². The van der Waals surface area contributed by atoms with E-state index in [4.69, 9.17) is 5.73 Å². The maximum absolute atomic E-state index is 11.9. The van der Waals surface area contributed by atoms with Gasteiger partial charge in [0, 0.05) is 12.2 Å². The molecule has 5 heteroatoms. The zero-order chi connectivity index (χ0) is 11.5. The summed E-state index contributed by atoms with van der Waals surface area (Å²) in [6, 6.07) is 3.60. The fraction of sp³-hybridized carbons (Fsp3) is 0.455. The van der Waals surface area contributed by atoms with E-state index in [0.717, 1.165) is 19.3 Å². The molecule has 1 aliphatic carbocycles. The molecule has 1 aromatic heterocycles. The maximum atomic E-state index is 11.9. The number of amides is 1. The van der Waals surface area contributed by atoms with Gasteiger partial charge >= 0.3 is 0 Å². The highest BCUT2D eigenvalue weighted by molar-refractivity contribution is 9.10. The van der Waals surface area contributed by atoms with Crippen LogP contribution in [0, 0.1) is 5.92 Å². The summed E-state index contributed by atoms with van der Waals surface area (Å²) < 4.78 is 0.648. The number of aromatic nitrogens is 1. The van der Waals surface area contributed by atoms with Crippen molar-refractivity contribution in [3.63, 3.8) is 0 Å². The quantitative estimate of drug-likeness (QED) is 0.815. The Bertz CT molecular complexity index is 397. The van der Waals surface area contributed by atoms with Crippen LogP contribution in [0.25, 0.3) is 0 Å². The number of nitrogens with one attached hydrogen (secondary N) is 1. The number of nitrogens with two attached hydrogens (primary N) is 1. The number of pyridine rings is 1. The molecule has 1 aliphatic rings. The first-order chi connectivity index (χ1) is 7.68. The zero-order valence-electron chi connectivity index (χ0n) is 8.82. The molecule has 86 valence electrons. The first-order valence-corrected chi connectivity index (χ1v) is 6.15. The van der Waals surface area contributed by atoms with Gasteiger partial charge in [0.25, 0.3) is 0 Å². The van der Waals surface area contributed by atoms with Gasteiger partial charge in [-0.15, -0.1) is 0 Å². The summed E-state index contributed by atoms with van der Waals surface area (Å²) in [6.07, 6.45) is 4.52. The molecule has 2 rings (SSSR count). The van der Waals surface area contributed by atoms with Crippen molar-refractivity contribution in [2.45, 2.75) is 25.3 Å². The molecule has 1 saturated carbocycles. The number of anilines is 1. The second-order valence-electron chi connectivity index (χ2n) is 4.03. The van der Waals surface area contributed by atoms with Gasteiger partial charge < -0.3 is 11.1 Å². The molecule has 0 radical (unpaired) electrons. The summed E-state index contributed by atoms with van der Waals surface area (Å²) >= 11 is 3.29. The van der Waals surface area contributed by atoms with Crippen LogP contribution < -0.4 is 11.1 Å². The summed E-state index contributed by atoms with van der Waals surface area (Å²) in [5.41, 5.74) is 6.58. The Morgan fingerprint density at radius 3 is 3.00 bits per heavy atom. The average Bonchev–Trinajstić information content (AvgIpc) is 2.68. The molecule has 0 aliphatic heterocycles. The number of hydrogen-bond donors (Lipinski definition) is 2. The van der Waals surface area contributed by atoms with Crippen molar-refractivity contribution < 1.29 is 4.79 Å². The number of hydrogen-bond acceptors (Lipinski definition) is 3. The van der Waals surface area contributed by atoms with E-state index in [2.05, 4.69) is 26.2 Å². The van der Waals surface area contributed by atoms with Crippen molar-refractivity contribution in [3.05, 3.63) is 22.9 Å². The minimum absolute atomic E-state index is 0.00120. The Labute approximate surface area is 103 Å². The van der Waals surface area contributed by atoms with Crippen LogP contribution in [0.2, 0.25) is 0 Å². The number of nitrogens with zero attached hydrogens (tertiary/aromatic N) is 1. The molecule has 0 aromatic carbocycles. The van der Waals surface area contributed by atoms with Crippen molar-refractivity contribution in [1.29, 1.82) is 0 Å². The highest BCUT2D eigenvalue weighted by atomic mass is 79.9. The van der Waals surface area contributed by atoms with E-state index in [1.807, 2.05) is 6.07 Å². The third kappa shape index (κ3) is 2.41. The fourth-order valence-corrected chi connectivity index (χ4v) is 2.37. The van der Waals surface area contributed by atoms with Crippen molar-refractivity contribution >= 4 is 27.5 Å². The topological polar surface area (TPSA) is 68.0 Å². The molecule has 2 unspecified atom stereocenters. The van der Waals surface area contributed by atoms with Gasteiger partial charge in [-0.25, -0.2) is 4.98 Å². The molecule has 0 spiro atoms. The third-order valence-corrected chi connectivity index (χ3v) is 3.56. The third-order valence-electron chi connectivity index (χ3n) is 2.92. The minimum atomic E-state index is -0.0629. The van der Waals surface area contributed by atoms with Gasteiger partial charge in [-0.3, -0.25) is 4.79 Å². The number of carbonyl (C=O) groups excluding carboxylic acids is 1. The maximum Gasteiger partial charge on any atom is 0.229 e. The van der Waals surface area contributed by atoms with E-state index in [1.165, 1.54) is 0 Å². The van der Waals surface area contributed by atoms with Crippen molar-refractivity contribution in [2.24, 2.45) is 11.7 Å². The molecule has 16 heavy (non-hydrogen) atoms. The lowest BCUT2D eigenvalue weighted by molar-refractivity contribution is -0.120. The molecule has 1 heterocycles. The van der Waals surface area contributed by atoms with Gasteiger partial charge in [0.1, 0.15) is 4.60 Å². The molecule has 1 amide bonds. The molecule has 1 fully saturated rings. The average molecular weight is 284 g/mol. The Balaban J connectivity index is 2.05. The Kier molecular flexibility index (Phi) is 3.56. The monoisotopic (exact) mass is 283 g/mol. The van der Waals surface area contributed by atoms with Gasteiger partial charge in [0.05, 0.1) is 11.6 Å². The summed E-state index contributed by atoms with van der Waals surface area (Å²) in [5.74, 6) is -0.0641. The van der Waals surface area contributed by atoms with Crippen LogP contribution >= 0.6 is 15.9 Å². The fourth-order valence-electron chi connectivity index (χ4n) is 2.02.